The maximum Gasteiger partial charge on any atom is 0.320 e. The number of phenols is 1. The number of hydrogen-bond acceptors (Lipinski definition) is 4. The fourth-order valence-electron chi connectivity index (χ4n) is 1.94. The fourth-order valence-corrected chi connectivity index (χ4v) is 1.94. The van der Waals surface area contributed by atoms with E-state index >= 15 is 0 Å². The maximum absolute atomic E-state index is 11.2. The Morgan fingerprint density at radius 1 is 1.40 bits per heavy atom. The van der Waals surface area contributed by atoms with Crippen LogP contribution in [0.2, 0.25) is 0 Å². The molecule has 1 aromatic carbocycles. The Kier molecular flexibility index (Phi) is 6.31. The molecular weight excluding hydrogens is 258 g/mol. The largest absolute Gasteiger partial charge is 0.504 e. The standard InChI is InChI=1S/C15H23NO4/c1-4-10(3)14(15(18)19)16-9-11-6-7-12(17)13(8-11)20-5-2/h6-8,10,14,16-17H,4-5,9H2,1-3H3,(H,18,19). The van der Waals surface area contributed by atoms with E-state index < -0.39 is 12.0 Å². The zero-order valence-electron chi connectivity index (χ0n) is 12.2. The summed E-state index contributed by atoms with van der Waals surface area (Å²) in [7, 11) is 0. The van der Waals surface area contributed by atoms with Crippen LogP contribution >= 0.6 is 0 Å². The summed E-state index contributed by atoms with van der Waals surface area (Å²) in [6, 6.07) is 4.45. The van der Waals surface area contributed by atoms with Crippen LogP contribution in [0.25, 0.3) is 0 Å². The molecule has 0 saturated heterocycles. The third-order valence-corrected chi connectivity index (χ3v) is 3.33. The predicted octanol–water partition coefficient (Wildman–Crippen LogP) is 2.38. The summed E-state index contributed by atoms with van der Waals surface area (Å²) in [5.41, 5.74) is 0.876. The molecule has 0 spiro atoms. The highest BCUT2D eigenvalue weighted by Gasteiger charge is 2.22. The topological polar surface area (TPSA) is 78.8 Å². The number of carboxylic acids is 1. The highest BCUT2D eigenvalue weighted by Crippen LogP contribution is 2.26. The highest BCUT2D eigenvalue weighted by atomic mass is 16.5. The van der Waals surface area contributed by atoms with Crippen molar-refractivity contribution in [1.29, 1.82) is 0 Å². The second-order valence-corrected chi connectivity index (χ2v) is 4.82. The van der Waals surface area contributed by atoms with Gasteiger partial charge in [0.2, 0.25) is 0 Å². The Labute approximate surface area is 119 Å². The van der Waals surface area contributed by atoms with Crippen LogP contribution in [-0.2, 0) is 11.3 Å². The lowest BCUT2D eigenvalue weighted by atomic mass is 9.99. The summed E-state index contributed by atoms with van der Waals surface area (Å²) in [6.07, 6.45) is 0.795. The lowest BCUT2D eigenvalue weighted by Crippen LogP contribution is -2.41. The van der Waals surface area contributed by atoms with Crippen molar-refractivity contribution < 1.29 is 19.7 Å². The molecule has 3 N–H and O–H groups in total. The summed E-state index contributed by atoms with van der Waals surface area (Å²) < 4.78 is 5.31. The number of carbonyl (C=O) groups is 1. The Hall–Kier alpha value is -1.75. The van der Waals surface area contributed by atoms with Crippen LogP contribution in [-0.4, -0.2) is 28.8 Å². The molecule has 1 aromatic rings. The van der Waals surface area contributed by atoms with Crippen LogP contribution in [0.15, 0.2) is 18.2 Å². The summed E-state index contributed by atoms with van der Waals surface area (Å²) in [5.74, 6) is -0.284. The summed E-state index contributed by atoms with van der Waals surface area (Å²) in [6.45, 7) is 6.61. The van der Waals surface area contributed by atoms with Gasteiger partial charge in [-0.25, -0.2) is 0 Å². The fraction of sp³-hybridized carbons (Fsp3) is 0.533. The van der Waals surface area contributed by atoms with Crippen molar-refractivity contribution in [2.75, 3.05) is 6.61 Å². The Morgan fingerprint density at radius 3 is 2.65 bits per heavy atom. The van der Waals surface area contributed by atoms with Gasteiger partial charge in [-0.05, 0) is 30.5 Å². The number of phenolic OH excluding ortho intramolecular Hbond substituents is 1. The number of hydrogen-bond donors (Lipinski definition) is 3. The Morgan fingerprint density at radius 2 is 2.10 bits per heavy atom. The third-order valence-electron chi connectivity index (χ3n) is 3.33. The molecule has 0 aromatic heterocycles. The maximum atomic E-state index is 11.2. The van der Waals surface area contributed by atoms with Crippen LogP contribution in [0.3, 0.4) is 0 Å². The van der Waals surface area contributed by atoms with Gasteiger partial charge in [-0.1, -0.05) is 26.3 Å². The third kappa shape index (κ3) is 4.42. The van der Waals surface area contributed by atoms with Crippen molar-refractivity contribution in [2.45, 2.75) is 39.8 Å². The van der Waals surface area contributed by atoms with Gasteiger partial charge in [0.25, 0.3) is 0 Å². The molecule has 0 heterocycles. The summed E-state index contributed by atoms with van der Waals surface area (Å²) in [5, 5.41) is 21.9. The van der Waals surface area contributed by atoms with Crippen LogP contribution in [0.1, 0.15) is 32.8 Å². The molecule has 0 amide bonds. The average molecular weight is 281 g/mol. The summed E-state index contributed by atoms with van der Waals surface area (Å²) >= 11 is 0. The van der Waals surface area contributed by atoms with Crippen molar-refractivity contribution in [3.8, 4) is 11.5 Å². The average Bonchev–Trinajstić information content (AvgIpc) is 2.42. The second-order valence-electron chi connectivity index (χ2n) is 4.82. The molecule has 0 radical (unpaired) electrons. The van der Waals surface area contributed by atoms with E-state index in [1.807, 2.05) is 20.8 Å². The quantitative estimate of drug-likeness (QED) is 0.682. The second kappa shape index (κ2) is 7.75. The Balaban J connectivity index is 2.73. The van der Waals surface area contributed by atoms with E-state index in [1.54, 1.807) is 18.2 Å². The summed E-state index contributed by atoms with van der Waals surface area (Å²) in [4.78, 5) is 11.2. The smallest absolute Gasteiger partial charge is 0.320 e. The molecule has 0 fully saturated rings. The van der Waals surface area contributed by atoms with Gasteiger partial charge in [0, 0.05) is 6.54 Å². The van der Waals surface area contributed by atoms with E-state index in [-0.39, 0.29) is 11.7 Å². The van der Waals surface area contributed by atoms with Crippen molar-refractivity contribution in [3.05, 3.63) is 23.8 Å². The minimum absolute atomic E-state index is 0.0518. The van der Waals surface area contributed by atoms with Crippen molar-refractivity contribution in [2.24, 2.45) is 5.92 Å². The number of rotatable bonds is 8. The first-order valence-electron chi connectivity index (χ1n) is 6.90. The van der Waals surface area contributed by atoms with Gasteiger partial charge in [-0.15, -0.1) is 0 Å². The first kappa shape index (κ1) is 16.3. The monoisotopic (exact) mass is 281 g/mol. The van der Waals surface area contributed by atoms with Crippen molar-refractivity contribution >= 4 is 5.97 Å². The first-order valence-corrected chi connectivity index (χ1v) is 6.90. The van der Waals surface area contributed by atoms with Crippen LogP contribution in [0.5, 0.6) is 11.5 Å². The van der Waals surface area contributed by atoms with E-state index in [9.17, 15) is 15.0 Å². The van der Waals surface area contributed by atoms with Gasteiger partial charge in [0.15, 0.2) is 11.5 Å². The van der Waals surface area contributed by atoms with Crippen molar-refractivity contribution in [3.63, 3.8) is 0 Å². The number of carboxylic acid groups (broad SMARTS) is 1. The molecule has 0 bridgehead atoms. The molecule has 0 aliphatic rings. The number of aromatic hydroxyl groups is 1. The molecule has 5 nitrogen and oxygen atoms in total. The van der Waals surface area contributed by atoms with Gasteiger partial charge in [-0.2, -0.15) is 0 Å². The van der Waals surface area contributed by atoms with E-state index in [0.717, 1.165) is 12.0 Å². The van der Waals surface area contributed by atoms with Gasteiger partial charge in [-0.3, -0.25) is 4.79 Å². The normalized spacial score (nSPS) is 13.8. The number of aliphatic carboxylic acids is 1. The minimum Gasteiger partial charge on any atom is -0.504 e. The lowest BCUT2D eigenvalue weighted by molar-refractivity contribution is -0.140. The van der Waals surface area contributed by atoms with Crippen LogP contribution in [0, 0.1) is 5.92 Å². The van der Waals surface area contributed by atoms with Crippen LogP contribution < -0.4 is 10.1 Å². The molecule has 1 rings (SSSR count). The van der Waals surface area contributed by atoms with E-state index in [2.05, 4.69) is 5.32 Å². The lowest BCUT2D eigenvalue weighted by Gasteiger charge is -2.20. The molecular formula is C15H23NO4. The highest BCUT2D eigenvalue weighted by molar-refractivity contribution is 5.73. The number of benzene rings is 1. The van der Waals surface area contributed by atoms with E-state index in [0.29, 0.717) is 18.9 Å². The molecule has 20 heavy (non-hydrogen) atoms. The number of nitrogens with one attached hydrogen (secondary N) is 1. The first-order chi connectivity index (χ1) is 9.49. The van der Waals surface area contributed by atoms with Gasteiger partial charge < -0.3 is 20.3 Å². The molecule has 5 heteroatoms. The minimum atomic E-state index is -0.844. The van der Waals surface area contributed by atoms with Crippen LogP contribution in [0.4, 0.5) is 0 Å². The van der Waals surface area contributed by atoms with Gasteiger partial charge in [0.05, 0.1) is 6.61 Å². The van der Waals surface area contributed by atoms with Gasteiger partial charge in [0.1, 0.15) is 6.04 Å². The number of ether oxygens (including phenoxy) is 1. The molecule has 0 aliphatic heterocycles. The van der Waals surface area contributed by atoms with Gasteiger partial charge >= 0.3 is 5.97 Å². The molecule has 2 atom stereocenters. The predicted molar refractivity (Wildman–Crippen MR) is 77.0 cm³/mol. The zero-order chi connectivity index (χ0) is 15.1. The molecule has 0 aliphatic carbocycles. The van der Waals surface area contributed by atoms with E-state index in [4.69, 9.17) is 4.74 Å². The SMILES string of the molecule is CCOc1cc(CNC(C(=O)O)C(C)CC)ccc1O. The van der Waals surface area contributed by atoms with Crippen molar-refractivity contribution in [1.82, 2.24) is 5.32 Å². The molecule has 112 valence electrons. The molecule has 0 saturated carbocycles. The Bertz CT molecular complexity index is 447. The molecule has 2 unspecified atom stereocenters. The zero-order valence-corrected chi connectivity index (χ0v) is 12.2. The van der Waals surface area contributed by atoms with E-state index in [1.165, 1.54) is 0 Å².